The van der Waals surface area contributed by atoms with Crippen molar-refractivity contribution >= 4 is 12.4 Å². The summed E-state index contributed by atoms with van der Waals surface area (Å²) >= 11 is 0. The summed E-state index contributed by atoms with van der Waals surface area (Å²) in [7, 11) is 2.25. The third-order valence-electron chi connectivity index (χ3n) is 5.38. The van der Waals surface area contributed by atoms with Gasteiger partial charge < -0.3 is 10.2 Å². The van der Waals surface area contributed by atoms with Crippen molar-refractivity contribution < 1.29 is 4.39 Å². The number of hydrazine groups is 1. The second-order valence-corrected chi connectivity index (χ2v) is 7.42. The van der Waals surface area contributed by atoms with Gasteiger partial charge in [0.2, 0.25) is 0 Å². The van der Waals surface area contributed by atoms with Crippen LogP contribution in [0.15, 0.2) is 24.3 Å². The molecular formula is C19H32ClFN4. The highest BCUT2D eigenvalue weighted by atomic mass is 35.5. The fourth-order valence-electron chi connectivity index (χ4n) is 3.93. The van der Waals surface area contributed by atoms with E-state index < -0.39 is 0 Å². The van der Waals surface area contributed by atoms with Crippen molar-refractivity contribution in [1.29, 1.82) is 0 Å². The van der Waals surface area contributed by atoms with E-state index in [0.717, 1.165) is 17.9 Å². The molecule has 0 amide bonds. The smallest absolute Gasteiger partial charge is 0.123 e. The molecule has 142 valence electrons. The molecule has 3 N–H and O–H groups in total. The van der Waals surface area contributed by atoms with Crippen molar-refractivity contribution in [3.63, 3.8) is 0 Å². The fraction of sp³-hybridized carbons (Fsp3) is 0.684. The number of hydrogen-bond donors (Lipinski definition) is 3. The van der Waals surface area contributed by atoms with E-state index in [2.05, 4.69) is 28.1 Å². The first-order valence-electron chi connectivity index (χ1n) is 9.36. The Morgan fingerprint density at radius 2 is 1.84 bits per heavy atom. The monoisotopic (exact) mass is 370 g/mol. The van der Waals surface area contributed by atoms with Gasteiger partial charge in [-0.3, -0.25) is 10.9 Å². The lowest BCUT2D eigenvalue weighted by molar-refractivity contribution is 0.234. The largest absolute Gasteiger partial charge is 0.317 e. The zero-order chi connectivity index (χ0) is 16.8. The highest BCUT2D eigenvalue weighted by molar-refractivity contribution is 5.85. The summed E-state index contributed by atoms with van der Waals surface area (Å²) < 4.78 is 13.0. The molecule has 2 saturated heterocycles. The maximum absolute atomic E-state index is 13.0. The second-order valence-electron chi connectivity index (χ2n) is 7.42. The zero-order valence-corrected chi connectivity index (χ0v) is 16.0. The van der Waals surface area contributed by atoms with Gasteiger partial charge in [0, 0.05) is 18.6 Å². The van der Waals surface area contributed by atoms with E-state index >= 15 is 0 Å². The Balaban J connectivity index is 0.00000225. The molecule has 2 heterocycles. The Morgan fingerprint density at radius 1 is 1.12 bits per heavy atom. The minimum absolute atomic E-state index is 0. The standard InChI is InChI=1S/C19H31FN4.ClH/c1-24(14-15-8-10-21-11-9-15)12-2-3-18-13-19(23-22-18)16-4-6-17(20)7-5-16;/h4-7,15,18-19,21-23H,2-3,8-14H2,1H3;1H. The first-order valence-corrected chi connectivity index (χ1v) is 9.36. The van der Waals surface area contributed by atoms with Gasteiger partial charge in [0.05, 0.1) is 0 Å². The molecule has 2 aliphatic rings. The molecule has 0 radical (unpaired) electrons. The van der Waals surface area contributed by atoms with Crippen molar-refractivity contribution in [3.8, 4) is 0 Å². The highest BCUT2D eigenvalue weighted by Gasteiger charge is 2.24. The van der Waals surface area contributed by atoms with Crippen LogP contribution in [-0.2, 0) is 0 Å². The summed E-state index contributed by atoms with van der Waals surface area (Å²) in [5.41, 5.74) is 7.92. The predicted octanol–water partition coefficient (Wildman–Crippen LogP) is 2.87. The molecule has 0 aliphatic carbocycles. The molecule has 4 nitrogen and oxygen atoms in total. The predicted molar refractivity (Wildman–Crippen MR) is 103 cm³/mol. The lowest BCUT2D eigenvalue weighted by Crippen LogP contribution is -2.35. The van der Waals surface area contributed by atoms with Crippen LogP contribution in [0.4, 0.5) is 4.39 Å². The molecule has 1 aromatic rings. The van der Waals surface area contributed by atoms with Crippen LogP contribution in [0.5, 0.6) is 0 Å². The molecule has 2 atom stereocenters. The quantitative estimate of drug-likeness (QED) is 0.690. The van der Waals surface area contributed by atoms with E-state index in [-0.39, 0.29) is 18.2 Å². The Bertz CT molecular complexity index is 493. The molecule has 3 rings (SSSR count). The minimum atomic E-state index is -0.168. The lowest BCUT2D eigenvalue weighted by Gasteiger charge is -2.27. The van der Waals surface area contributed by atoms with Crippen molar-refractivity contribution in [2.45, 2.75) is 44.2 Å². The molecule has 1 aromatic carbocycles. The van der Waals surface area contributed by atoms with Crippen LogP contribution < -0.4 is 16.2 Å². The first kappa shape index (κ1) is 20.6. The second kappa shape index (κ2) is 10.4. The van der Waals surface area contributed by atoms with Crippen LogP contribution in [-0.4, -0.2) is 44.2 Å². The van der Waals surface area contributed by atoms with Crippen LogP contribution in [0.25, 0.3) is 0 Å². The average molecular weight is 371 g/mol. The van der Waals surface area contributed by atoms with E-state index in [1.54, 1.807) is 12.1 Å². The van der Waals surface area contributed by atoms with Crippen LogP contribution in [0.2, 0.25) is 0 Å². The third-order valence-corrected chi connectivity index (χ3v) is 5.38. The molecule has 2 fully saturated rings. The van der Waals surface area contributed by atoms with E-state index in [4.69, 9.17) is 0 Å². The summed E-state index contributed by atoms with van der Waals surface area (Å²) in [5.74, 6) is 0.698. The molecular weight excluding hydrogens is 339 g/mol. The summed E-state index contributed by atoms with van der Waals surface area (Å²) in [5, 5.41) is 3.43. The molecule has 0 spiro atoms. The number of rotatable bonds is 7. The molecule has 2 aliphatic heterocycles. The van der Waals surface area contributed by atoms with E-state index in [1.807, 2.05) is 12.1 Å². The minimum Gasteiger partial charge on any atom is -0.317 e. The van der Waals surface area contributed by atoms with Gasteiger partial charge in [0.15, 0.2) is 0 Å². The van der Waals surface area contributed by atoms with Crippen molar-refractivity contribution in [2.75, 3.05) is 33.2 Å². The van der Waals surface area contributed by atoms with Crippen molar-refractivity contribution in [3.05, 3.63) is 35.6 Å². The van der Waals surface area contributed by atoms with Gasteiger partial charge in [-0.2, -0.15) is 0 Å². The van der Waals surface area contributed by atoms with Gasteiger partial charge >= 0.3 is 0 Å². The number of benzene rings is 1. The Labute approximate surface area is 157 Å². The summed E-state index contributed by atoms with van der Waals surface area (Å²) in [6.07, 6.45) is 6.11. The van der Waals surface area contributed by atoms with E-state index in [1.165, 1.54) is 51.9 Å². The maximum Gasteiger partial charge on any atom is 0.123 e. The highest BCUT2D eigenvalue weighted by Crippen LogP contribution is 2.24. The molecule has 25 heavy (non-hydrogen) atoms. The van der Waals surface area contributed by atoms with Gasteiger partial charge in [-0.25, -0.2) is 4.39 Å². The van der Waals surface area contributed by atoms with Gasteiger partial charge in [0.25, 0.3) is 0 Å². The zero-order valence-electron chi connectivity index (χ0n) is 15.1. The first-order chi connectivity index (χ1) is 11.7. The van der Waals surface area contributed by atoms with Gasteiger partial charge in [-0.05, 0) is 82.4 Å². The lowest BCUT2D eigenvalue weighted by atomic mass is 9.97. The number of piperidine rings is 1. The Kier molecular flexibility index (Phi) is 8.59. The summed E-state index contributed by atoms with van der Waals surface area (Å²) in [6.45, 7) is 4.77. The van der Waals surface area contributed by atoms with Crippen LogP contribution in [0.1, 0.15) is 43.7 Å². The average Bonchev–Trinajstić information content (AvgIpc) is 3.05. The van der Waals surface area contributed by atoms with Crippen molar-refractivity contribution in [1.82, 2.24) is 21.1 Å². The molecule has 2 unspecified atom stereocenters. The molecule has 6 heteroatoms. The third kappa shape index (κ3) is 6.50. The Hall–Kier alpha value is -0.720. The number of nitrogens with zero attached hydrogens (tertiary/aromatic N) is 1. The molecule has 0 bridgehead atoms. The van der Waals surface area contributed by atoms with Crippen LogP contribution in [0.3, 0.4) is 0 Å². The SMILES string of the molecule is CN(CCCC1CC(c2ccc(F)cc2)NN1)CC1CCNCC1.Cl. The summed E-state index contributed by atoms with van der Waals surface area (Å²) in [6, 6.07) is 7.64. The molecule has 0 aromatic heterocycles. The number of nitrogens with one attached hydrogen (secondary N) is 3. The van der Waals surface area contributed by atoms with Crippen LogP contribution in [0, 0.1) is 11.7 Å². The number of halogens is 2. The molecule has 0 saturated carbocycles. The topological polar surface area (TPSA) is 39.3 Å². The van der Waals surface area contributed by atoms with E-state index in [9.17, 15) is 4.39 Å². The Morgan fingerprint density at radius 3 is 2.56 bits per heavy atom. The van der Waals surface area contributed by atoms with Gasteiger partial charge in [-0.1, -0.05) is 12.1 Å². The maximum atomic E-state index is 13.0. The number of hydrogen-bond acceptors (Lipinski definition) is 4. The fourth-order valence-corrected chi connectivity index (χ4v) is 3.93. The van der Waals surface area contributed by atoms with Gasteiger partial charge in [0.1, 0.15) is 5.82 Å². The summed E-state index contributed by atoms with van der Waals surface area (Å²) in [4.78, 5) is 2.50. The van der Waals surface area contributed by atoms with Crippen molar-refractivity contribution in [2.24, 2.45) is 5.92 Å². The van der Waals surface area contributed by atoms with Crippen LogP contribution >= 0.6 is 12.4 Å². The van der Waals surface area contributed by atoms with E-state index in [0.29, 0.717) is 12.1 Å². The normalized spacial score (nSPS) is 24.4. The van der Waals surface area contributed by atoms with Gasteiger partial charge in [-0.15, -0.1) is 12.4 Å².